The van der Waals surface area contributed by atoms with E-state index >= 15 is 0 Å². The third-order valence-electron chi connectivity index (χ3n) is 2.68. The van der Waals surface area contributed by atoms with Crippen LogP contribution in [0.2, 0.25) is 0 Å². The zero-order valence-corrected chi connectivity index (χ0v) is 12.0. The van der Waals surface area contributed by atoms with E-state index in [-0.39, 0.29) is 5.82 Å². The molecular formula is C13H8BrFN2OS. The maximum Gasteiger partial charge on any atom is 0.177 e. The molecule has 0 bridgehead atoms. The molecule has 96 valence electrons. The largest absolute Gasteiger partial charge is 0.380 e. The summed E-state index contributed by atoms with van der Waals surface area (Å²) in [5, 5.41) is 5.74. The minimum absolute atomic E-state index is 0.293. The van der Waals surface area contributed by atoms with Crippen LogP contribution < -0.4 is 5.73 Å². The SMILES string of the molecule is Nc1noc(-c2csc(Br)c2)c1-c1ccc(F)cc1. The Morgan fingerprint density at radius 2 is 1.95 bits per heavy atom. The van der Waals surface area contributed by atoms with Gasteiger partial charge >= 0.3 is 0 Å². The molecule has 6 heteroatoms. The monoisotopic (exact) mass is 338 g/mol. The van der Waals surface area contributed by atoms with E-state index in [4.69, 9.17) is 10.3 Å². The van der Waals surface area contributed by atoms with E-state index in [2.05, 4.69) is 21.1 Å². The lowest BCUT2D eigenvalue weighted by Crippen LogP contribution is -1.88. The number of nitrogen functional groups attached to an aromatic ring is 1. The van der Waals surface area contributed by atoms with Gasteiger partial charge in [0.05, 0.1) is 9.35 Å². The van der Waals surface area contributed by atoms with E-state index in [9.17, 15) is 4.39 Å². The number of rotatable bonds is 2. The molecule has 0 spiro atoms. The van der Waals surface area contributed by atoms with Crippen molar-refractivity contribution >= 4 is 33.1 Å². The van der Waals surface area contributed by atoms with Gasteiger partial charge in [0, 0.05) is 10.9 Å². The van der Waals surface area contributed by atoms with Gasteiger partial charge in [-0.3, -0.25) is 0 Å². The predicted molar refractivity (Wildman–Crippen MR) is 77.3 cm³/mol. The molecule has 0 unspecified atom stereocenters. The molecule has 0 atom stereocenters. The maximum atomic E-state index is 13.0. The van der Waals surface area contributed by atoms with E-state index in [1.54, 1.807) is 23.5 Å². The van der Waals surface area contributed by atoms with Crippen molar-refractivity contribution in [2.45, 2.75) is 0 Å². The Bertz CT molecular complexity index is 721. The normalized spacial score (nSPS) is 10.8. The lowest BCUT2D eigenvalue weighted by atomic mass is 10.0. The summed E-state index contributed by atoms with van der Waals surface area (Å²) in [6.45, 7) is 0. The molecular weight excluding hydrogens is 331 g/mol. The van der Waals surface area contributed by atoms with Crippen molar-refractivity contribution in [3.05, 3.63) is 45.3 Å². The summed E-state index contributed by atoms with van der Waals surface area (Å²) in [6.07, 6.45) is 0. The van der Waals surface area contributed by atoms with Crippen molar-refractivity contribution < 1.29 is 8.91 Å². The Morgan fingerprint density at radius 3 is 2.58 bits per heavy atom. The van der Waals surface area contributed by atoms with Crippen LogP contribution in [0.1, 0.15) is 0 Å². The number of thiophene rings is 1. The van der Waals surface area contributed by atoms with Crippen molar-refractivity contribution in [2.24, 2.45) is 0 Å². The van der Waals surface area contributed by atoms with Crippen LogP contribution in [0.5, 0.6) is 0 Å². The number of hydrogen-bond acceptors (Lipinski definition) is 4. The highest BCUT2D eigenvalue weighted by Gasteiger charge is 2.18. The molecule has 19 heavy (non-hydrogen) atoms. The fourth-order valence-electron chi connectivity index (χ4n) is 1.82. The lowest BCUT2D eigenvalue weighted by Gasteiger charge is -2.01. The van der Waals surface area contributed by atoms with E-state index in [1.165, 1.54) is 12.1 Å². The first-order valence-electron chi connectivity index (χ1n) is 5.40. The van der Waals surface area contributed by atoms with Gasteiger partial charge in [-0.2, -0.15) is 0 Å². The Labute approximate surface area is 121 Å². The fourth-order valence-corrected chi connectivity index (χ4v) is 2.96. The number of hydrogen-bond donors (Lipinski definition) is 1. The summed E-state index contributed by atoms with van der Waals surface area (Å²) in [5.74, 6) is 0.591. The molecule has 0 saturated carbocycles. The van der Waals surface area contributed by atoms with Crippen LogP contribution in [-0.2, 0) is 0 Å². The van der Waals surface area contributed by atoms with Gasteiger partial charge in [0.15, 0.2) is 11.6 Å². The van der Waals surface area contributed by atoms with Crippen LogP contribution in [-0.4, -0.2) is 5.16 Å². The van der Waals surface area contributed by atoms with Crippen LogP contribution >= 0.6 is 27.3 Å². The lowest BCUT2D eigenvalue weighted by molar-refractivity contribution is 0.436. The Hall–Kier alpha value is -1.66. The van der Waals surface area contributed by atoms with Gasteiger partial charge in [-0.25, -0.2) is 4.39 Å². The minimum Gasteiger partial charge on any atom is -0.380 e. The molecule has 2 N–H and O–H groups in total. The average Bonchev–Trinajstić information content (AvgIpc) is 2.97. The number of anilines is 1. The number of aromatic nitrogens is 1. The van der Waals surface area contributed by atoms with E-state index in [0.29, 0.717) is 17.1 Å². The van der Waals surface area contributed by atoms with E-state index in [0.717, 1.165) is 14.9 Å². The first kappa shape index (κ1) is 12.4. The molecule has 0 aliphatic heterocycles. The minimum atomic E-state index is -0.293. The second-order valence-electron chi connectivity index (χ2n) is 3.92. The van der Waals surface area contributed by atoms with Crippen molar-refractivity contribution in [1.29, 1.82) is 0 Å². The van der Waals surface area contributed by atoms with E-state index in [1.807, 2.05) is 11.4 Å². The molecule has 2 aromatic heterocycles. The van der Waals surface area contributed by atoms with Crippen molar-refractivity contribution in [3.8, 4) is 22.5 Å². The molecule has 0 radical (unpaired) electrons. The predicted octanol–water partition coefficient (Wildman–Crippen LogP) is 4.55. The van der Waals surface area contributed by atoms with Gasteiger partial charge in [0.2, 0.25) is 0 Å². The summed E-state index contributed by atoms with van der Waals surface area (Å²) in [5.41, 5.74) is 8.20. The molecule has 1 aromatic carbocycles. The van der Waals surface area contributed by atoms with Gasteiger partial charge in [-0.1, -0.05) is 17.3 Å². The Morgan fingerprint density at radius 1 is 1.21 bits per heavy atom. The first-order valence-corrected chi connectivity index (χ1v) is 7.08. The second kappa shape index (κ2) is 4.79. The highest BCUT2D eigenvalue weighted by molar-refractivity contribution is 9.11. The van der Waals surface area contributed by atoms with Crippen molar-refractivity contribution in [3.63, 3.8) is 0 Å². The third-order valence-corrected chi connectivity index (χ3v) is 4.19. The van der Waals surface area contributed by atoms with Gasteiger partial charge in [-0.15, -0.1) is 11.3 Å². The molecule has 0 aliphatic carbocycles. The first-order chi connectivity index (χ1) is 9.15. The molecule has 3 rings (SSSR count). The summed E-state index contributed by atoms with van der Waals surface area (Å²) in [6, 6.07) is 8.01. The molecule has 0 saturated heterocycles. The third kappa shape index (κ3) is 2.29. The van der Waals surface area contributed by atoms with Gasteiger partial charge in [0.25, 0.3) is 0 Å². The number of halogens is 2. The summed E-state index contributed by atoms with van der Waals surface area (Å²) in [4.78, 5) is 0. The van der Waals surface area contributed by atoms with Crippen LogP contribution in [0.25, 0.3) is 22.5 Å². The molecule has 3 nitrogen and oxygen atoms in total. The van der Waals surface area contributed by atoms with Crippen LogP contribution in [0, 0.1) is 5.82 Å². The molecule has 0 amide bonds. The molecule has 0 fully saturated rings. The Kier molecular flexibility index (Phi) is 3.12. The van der Waals surface area contributed by atoms with Crippen molar-refractivity contribution in [1.82, 2.24) is 5.16 Å². The quantitative estimate of drug-likeness (QED) is 0.745. The van der Waals surface area contributed by atoms with Crippen LogP contribution in [0.4, 0.5) is 10.2 Å². The van der Waals surface area contributed by atoms with Gasteiger partial charge in [-0.05, 0) is 39.7 Å². The molecule has 3 aromatic rings. The summed E-state index contributed by atoms with van der Waals surface area (Å²) in [7, 11) is 0. The fraction of sp³-hybridized carbons (Fsp3) is 0. The van der Waals surface area contributed by atoms with Crippen LogP contribution in [0.3, 0.4) is 0 Å². The maximum absolute atomic E-state index is 13.0. The number of nitrogens with zero attached hydrogens (tertiary/aromatic N) is 1. The standard InChI is InChI=1S/C13H8BrFN2OS/c14-10-5-8(6-19-10)12-11(13(16)17-18-12)7-1-3-9(15)4-2-7/h1-6H,(H2,16,17). The zero-order chi connectivity index (χ0) is 13.4. The zero-order valence-electron chi connectivity index (χ0n) is 9.56. The Balaban J connectivity index is 2.16. The second-order valence-corrected chi connectivity index (χ2v) is 6.21. The highest BCUT2D eigenvalue weighted by atomic mass is 79.9. The van der Waals surface area contributed by atoms with E-state index < -0.39 is 0 Å². The number of benzene rings is 1. The molecule has 0 aliphatic rings. The highest BCUT2D eigenvalue weighted by Crippen LogP contribution is 2.39. The molecule has 2 heterocycles. The average molecular weight is 339 g/mol. The summed E-state index contributed by atoms with van der Waals surface area (Å²) < 4.78 is 19.3. The topological polar surface area (TPSA) is 52.0 Å². The van der Waals surface area contributed by atoms with Crippen molar-refractivity contribution in [2.75, 3.05) is 5.73 Å². The smallest absolute Gasteiger partial charge is 0.177 e. The van der Waals surface area contributed by atoms with Gasteiger partial charge < -0.3 is 10.3 Å². The number of nitrogens with two attached hydrogens (primary N) is 1. The summed E-state index contributed by atoms with van der Waals surface area (Å²) >= 11 is 4.95. The van der Waals surface area contributed by atoms with Gasteiger partial charge in [0.1, 0.15) is 5.82 Å². The van der Waals surface area contributed by atoms with Crippen LogP contribution in [0.15, 0.2) is 44.0 Å².